The number of aromatic nitrogens is 2. The molecule has 0 atom stereocenters. The van der Waals surface area contributed by atoms with E-state index in [1.807, 2.05) is 0 Å². The van der Waals surface area contributed by atoms with Gasteiger partial charge in [0, 0.05) is 0 Å². The van der Waals surface area contributed by atoms with Gasteiger partial charge in [-0.2, -0.15) is 0 Å². The number of hydrogen-bond acceptors (Lipinski definition) is 0. The van der Waals surface area contributed by atoms with Crippen molar-refractivity contribution in [3.63, 3.8) is 0 Å². The van der Waals surface area contributed by atoms with Crippen LogP contribution in [0.25, 0.3) is 11.0 Å². The summed E-state index contributed by atoms with van der Waals surface area (Å²) in [5.41, 5.74) is 2.61. The first-order valence-electron chi connectivity index (χ1n) is 7.23. The number of rotatable bonds is 2. The quantitative estimate of drug-likeness (QED) is 0.773. The predicted octanol–water partition coefficient (Wildman–Crippen LogP) is 3.84. The lowest BCUT2D eigenvalue weighted by Crippen LogP contribution is -2.40. The predicted molar refractivity (Wildman–Crippen MR) is 74.3 cm³/mol. The second kappa shape index (κ2) is 4.75. The van der Waals surface area contributed by atoms with Crippen molar-refractivity contribution in [3.05, 3.63) is 30.6 Å². The molecule has 18 heavy (non-hydrogen) atoms. The van der Waals surface area contributed by atoms with Crippen molar-refractivity contribution in [2.24, 2.45) is 11.8 Å². The van der Waals surface area contributed by atoms with Crippen LogP contribution in [0.3, 0.4) is 0 Å². The summed E-state index contributed by atoms with van der Waals surface area (Å²) >= 11 is 0. The summed E-state index contributed by atoms with van der Waals surface area (Å²) in [4.78, 5) is 3.38. The largest absolute Gasteiger partial charge is 0.243 e. The van der Waals surface area contributed by atoms with Crippen LogP contribution >= 0.6 is 0 Å². The smallest absolute Gasteiger partial charge is 0.242 e. The molecule has 2 heteroatoms. The summed E-state index contributed by atoms with van der Waals surface area (Å²) in [6.45, 7) is 4.73. The molecule has 1 aliphatic carbocycles. The molecular weight excluding hydrogens is 220 g/mol. The SMILES string of the molecule is CC(C)C1CCC([n+]2c[nH]c3ccccc32)CC1. The van der Waals surface area contributed by atoms with E-state index in [0.29, 0.717) is 6.04 Å². The van der Waals surface area contributed by atoms with Gasteiger partial charge in [0.05, 0.1) is 0 Å². The Morgan fingerprint density at radius 2 is 1.83 bits per heavy atom. The molecule has 0 saturated heterocycles. The third kappa shape index (κ3) is 2.05. The molecule has 96 valence electrons. The van der Waals surface area contributed by atoms with Gasteiger partial charge in [0.1, 0.15) is 6.04 Å². The molecule has 1 heterocycles. The van der Waals surface area contributed by atoms with Crippen molar-refractivity contribution in [2.75, 3.05) is 0 Å². The Labute approximate surface area is 109 Å². The molecule has 1 aliphatic rings. The van der Waals surface area contributed by atoms with Crippen LogP contribution in [0.4, 0.5) is 0 Å². The van der Waals surface area contributed by atoms with E-state index in [0.717, 1.165) is 11.8 Å². The lowest BCUT2D eigenvalue weighted by atomic mass is 9.79. The van der Waals surface area contributed by atoms with E-state index in [4.69, 9.17) is 0 Å². The van der Waals surface area contributed by atoms with Crippen molar-refractivity contribution < 1.29 is 4.57 Å². The average molecular weight is 243 g/mol. The number of hydrogen-bond donors (Lipinski definition) is 1. The molecule has 1 aromatic heterocycles. The lowest BCUT2D eigenvalue weighted by Gasteiger charge is -2.29. The maximum absolute atomic E-state index is 3.38. The van der Waals surface area contributed by atoms with Crippen LogP contribution in [-0.4, -0.2) is 4.98 Å². The number of imidazole rings is 1. The van der Waals surface area contributed by atoms with Gasteiger partial charge in [0.25, 0.3) is 0 Å². The topological polar surface area (TPSA) is 19.7 Å². The highest BCUT2D eigenvalue weighted by Gasteiger charge is 2.28. The average Bonchev–Trinajstić information content (AvgIpc) is 2.82. The molecule has 0 unspecified atom stereocenters. The Balaban J connectivity index is 1.80. The molecule has 0 aliphatic heterocycles. The normalized spacial score (nSPS) is 24.8. The van der Waals surface area contributed by atoms with Gasteiger partial charge in [0.15, 0.2) is 11.0 Å². The van der Waals surface area contributed by atoms with Crippen molar-refractivity contribution in [3.8, 4) is 0 Å². The van der Waals surface area contributed by atoms with Gasteiger partial charge < -0.3 is 0 Å². The van der Waals surface area contributed by atoms with E-state index in [-0.39, 0.29) is 0 Å². The first kappa shape index (κ1) is 11.8. The van der Waals surface area contributed by atoms with Gasteiger partial charge >= 0.3 is 0 Å². The first-order chi connectivity index (χ1) is 8.75. The van der Waals surface area contributed by atoms with Gasteiger partial charge in [0.2, 0.25) is 6.33 Å². The van der Waals surface area contributed by atoms with Crippen molar-refractivity contribution >= 4 is 11.0 Å². The molecule has 1 aromatic carbocycles. The maximum atomic E-state index is 3.38. The number of H-pyrrole nitrogens is 1. The van der Waals surface area contributed by atoms with Crippen molar-refractivity contribution in [1.29, 1.82) is 0 Å². The second-order valence-electron chi connectivity index (χ2n) is 6.01. The molecule has 2 aromatic rings. The van der Waals surface area contributed by atoms with Gasteiger partial charge in [-0.15, -0.1) is 0 Å². The zero-order valence-electron chi connectivity index (χ0n) is 11.4. The molecule has 0 radical (unpaired) electrons. The summed E-state index contributed by atoms with van der Waals surface area (Å²) < 4.78 is 2.45. The van der Waals surface area contributed by atoms with E-state index in [1.54, 1.807) is 0 Å². The fourth-order valence-electron chi connectivity index (χ4n) is 3.38. The highest BCUT2D eigenvalue weighted by atomic mass is 15.1. The van der Waals surface area contributed by atoms with Crippen LogP contribution < -0.4 is 4.57 Å². The Morgan fingerprint density at radius 1 is 1.11 bits per heavy atom. The summed E-state index contributed by atoms with van der Waals surface area (Å²) in [5, 5.41) is 0. The zero-order valence-corrected chi connectivity index (χ0v) is 11.4. The number of fused-ring (bicyclic) bond motifs is 1. The van der Waals surface area contributed by atoms with Crippen molar-refractivity contribution in [2.45, 2.75) is 45.6 Å². The Morgan fingerprint density at radius 3 is 2.56 bits per heavy atom. The second-order valence-corrected chi connectivity index (χ2v) is 6.01. The van der Waals surface area contributed by atoms with Crippen LogP contribution in [-0.2, 0) is 0 Å². The molecular formula is C16H23N2+. The van der Waals surface area contributed by atoms with E-state index >= 15 is 0 Å². The molecule has 2 nitrogen and oxygen atoms in total. The number of nitrogens with one attached hydrogen (secondary N) is 1. The molecule has 0 bridgehead atoms. The van der Waals surface area contributed by atoms with Gasteiger partial charge in [-0.1, -0.05) is 26.0 Å². The summed E-state index contributed by atoms with van der Waals surface area (Å²) in [5.74, 6) is 1.78. The molecule has 1 fully saturated rings. The van der Waals surface area contributed by atoms with Crippen LogP contribution in [0.2, 0.25) is 0 Å². The number of benzene rings is 1. The lowest BCUT2D eigenvalue weighted by molar-refractivity contribution is -0.701. The van der Waals surface area contributed by atoms with Gasteiger partial charge in [-0.05, 0) is 49.7 Å². The highest BCUT2D eigenvalue weighted by Crippen LogP contribution is 2.33. The fraction of sp³-hybridized carbons (Fsp3) is 0.562. The zero-order chi connectivity index (χ0) is 12.5. The van der Waals surface area contributed by atoms with Crippen molar-refractivity contribution in [1.82, 2.24) is 4.98 Å². The highest BCUT2D eigenvalue weighted by molar-refractivity contribution is 5.70. The van der Waals surface area contributed by atoms with E-state index in [1.165, 1.54) is 36.7 Å². The Hall–Kier alpha value is -1.31. The minimum Gasteiger partial charge on any atom is -0.243 e. The Kier molecular flexibility index (Phi) is 3.11. The first-order valence-corrected chi connectivity index (χ1v) is 7.23. The number of para-hydroxylation sites is 2. The molecule has 1 saturated carbocycles. The number of nitrogens with zero attached hydrogens (tertiary/aromatic N) is 1. The standard InChI is InChI=1S/C16H22N2/c1-12(2)13-7-9-14(10-8-13)18-11-17-15-5-3-4-6-16(15)18/h3-6,11-14H,7-10H2,1-2H3/p+1. The monoisotopic (exact) mass is 243 g/mol. The molecule has 1 N–H and O–H groups in total. The number of aromatic amines is 1. The summed E-state index contributed by atoms with van der Waals surface area (Å²) in [6, 6.07) is 9.30. The van der Waals surface area contributed by atoms with E-state index in [2.05, 4.69) is 54.0 Å². The van der Waals surface area contributed by atoms with Crippen LogP contribution in [0.1, 0.15) is 45.6 Å². The molecule has 0 spiro atoms. The fourth-order valence-corrected chi connectivity index (χ4v) is 3.38. The maximum Gasteiger partial charge on any atom is 0.242 e. The summed E-state index contributed by atoms with van der Waals surface area (Å²) in [6.07, 6.45) is 7.58. The third-order valence-corrected chi connectivity index (χ3v) is 4.62. The van der Waals surface area contributed by atoms with Gasteiger partial charge in [-0.3, -0.25) is 0 Å². The minimum atomic E-state index is 0.691. The Bertz CT molecular complexity index is 519. The van der Waals surface area contributed by atoms with Crippen LogP contribution in [0, 0.1) is 11.8 Å². The van der Waals surface area contributed by atoms with E-state index in [9.17, 15) is 0 Å². The third-order valence-electron chi connectivity index (χ3n) is 4.62. The van der Waals surface area contributed by atoms with Crippen LogP contribution in [0.5, 0.6) is 0 Å². The minimum absolute atomic E-state index is 0.691. The van der Waals surface area contributed by atoms with Gasteiger partial charge in [-0.25, -0.2) is 9.55 Å². The molecule has 0 amide bonds. The molecule has 3 rings (SSSR count). The van der Waals surface area contributed by atoms with Crippen LogP contribution in [0.15, 0.2) is 30.6 Å². The van der Waals surface area contributed by atoms with E-state index < -0.39 is 0 Å². The summed E-state index contributed by atoms with van der Waals surface area (Å²) in [7, 11) is 0.